The maximum atomic E-state index is 12.9. The van der Waals surface area contributed by atoms with Crippen LogP contribution in [0.2, 0.25) is 0 Å². The number of anilines is 1. The van der Waals surface area contributed by atoms with Crippen molar-refractivity contribution >= 4 is 43.2 Å². The lowest BCUT2D eigenvalue weighted by molar-refractivity contribution is -0.139. The molecule has 158 valence electrons. The van der Waals surface area contributed by atoms with Crippen LogP contribution in [-0.2, 0) is 14.8 Å². The van der Waals surface area contributed by atoms with E-state index < -0.39 is 22.6 Å². The molecule has 31 heavy (non-hydrogen) atoms. The number of carbonyl (C=O) groups is 1. The Morgan fingerprint density at radius 3 is 2.65 bits per heavy atom. The lowest BCUT2D eigenvalue weighted by Crippen LogP contribution is -2.14. The molecular weight excluding hydrogens is 436 g/mol. The molecule has 1 heterocycles. The molecule has 0 radical (unpaired) electrons. The van der Waals surface area contributed by atoms with Crippen LogP contribution >= 0.6 is 11.3 Å². The van der Waals surface area contributed by atoms with E-state index in [1.54, 1.807) is 25.1 Å². The lowest BCUT2D eigenvalue weighted by atomic mass is 10.2. The van der Waals surface area contributed by atoms with Gasteiger partial charge < -0.3 is 9.84 Å². The molecule has 0 saturated carbocycles. The van der Waals surface area contributed by atoms with Gasteiger partial charge in [0.15, 0.2) is 6.61 Å². The van der Waals surface area contributed by atoms with E-state index >= 15 is 0 Å². The summed E-state index contributed by atoms with van der Waals surface area (Å²) in [4.78, 5) is 15.3. The normalized spacial score (nSPS) is 11.4. The van der Waals surface area contributed by atoms with Gasteiger partial charge in [0, 0.05) is 11.3 Å². The quantitative estimate of drug-likeness (QED) is 0.425. The first-order valence-corrected chi connectivity index (χ1v) is 11.6. The summed E-state index contributed by atoms with van der Waals surface area (Å²) in [6.07, 6.45) is 0. The molecule has 0 spiro atoms. The molecule has 0 aliphatic heterocycles. The van der Waals surface area contributed by atoms with Gasteiger partial charge in [-0.1, -0.05) is 24.3 Å². The topological polar surface area (TPSA) is 106 Å². The fraction of sp³-hybridized carbons (Fsp3) is 0.0909. The summed E-state index contributed by atoms with van der Waals surface area (Å²) in [7, 11) is -3.85. The second-order valence-corrected chi connectivity index (χ2v) is 9.50. The molecular formula is C22H18N2O5S2. The van der Waals surface area contributed by atoms with Crippen molar-refractivity contribution < 1.29 is 23.1 Å². The summed E-state index contributed by atoms with van der Waals surface area (Å²) in [6.45, 7) is 1.16. The molecule has 7 nitrogen and oxygen atoms in total. The van der Waals surface area contributed by atoms with Gasteiger partial charge in [-0.2, -0.15) is 0 Å². The first-order valence-electron chi connectivity index (χ1n) is 9.26. The molecule has 0 fully saturated rings. The summed E-state index contributed by atoms with van der Waals surface area (Å²) in [5.41, 5.74) is 2.65. The summed E-state index contributed by atoms with van der Waals surface area (Å²) in [5, 5.41) is 9.53. The highest BCUT2D eigenvalue weighted by Crippen LogP contribution is 2.32. The number of nitrogens with zero attached hydrogens (tertiary/aromatic N) is 1. The summed E-state index contributed by atoms with van der Waals surface area (Å²) in [6, 6.07) is 19.2. The Kier molecular flexibility index (Phi) is 5.62. The van der Waals surface area contributed by atoms with Crippen molar-refractivity contribution in [2.24, 2.45) is 0 Å². The van der Waals surface area contributed by atoms with Gasteiger partial charge in [0.1, 0.15) is 10.8 Å². The number of para-hydroxylation sites is 1. The predicted octanol–water partition coefficient (Wildman–Crippen LogP) is 4.54. The average molecular weight is 455 g/mol. The van der Waals surface area contributed by atoms with E-state index in [9.17, 15) is 13.2 Å². The maximum Gasteiger partial charge on any atom is 0.341 e. The van der Waals surface area contributed by atoms with Crippen molar-refractivity contribution in [2.45, 2.75) is 11.8 Å². The Bertz CT molecular complexity index is 1350. The molecule has 0 saturated heterocycles. The predicted molar refractivity (Wildman–Crippen MR) is 120 cm³/mol. The fourth-order valence-electron chi connectivity index (χ4n) is 3.02. The molecule has 0 unspecified atom stereocenters. The standard InChI is InChI=1S/C22H18N2O5S2/c1-14-11-17(9-10-19(14)29-13-21(25)26)31(27,28)24-16-6-4-5-15(12-16)22-23-18-7-2-3-8-20(18)30-22/h2-12,24H,13H2,1H3,(H,25,26). The zero-order chi connectivity index (χ0) is 22.0. The Morgan fingerprint density at radius 1 is 1.10 bits per heavy atom. The highest BCUT2D eigenvalue weighted by molar-refractivity contribution is 7.92. The van der Waals surface area contributed by atoms with E-state index in [0.29, 0.717) is 17.0 Å². The zero-order valence-electron chi connectivity index (χ0n) is 16.4. The second-order valence-electron chi connectivity index (χ2n) is 6.78. The zero-order valence-corrected chi connectivity index (χ0v) is 18.0. The average Bonchev–Trinajstić information content (AvgIpc) is 3.17. The molecule has 4 rings (SSSR count). The van der Waals surface area contributed by atoms with Crippen LogP contribution in [0.1, 0.15) is 5.56 Å². The maximum absolute atomic E-state index is 12.9. The minimum atomic E-state index is -3.85. The largest absolute Gasteiger partial charge is 0.482 e. The minimum absolute atomic E-state index is 0.0538. The number of hydrogen-bond donors (Lipinski definition) is 2. The molecule has 1 aromatic heterocycles. The van der Waals surface area contributed by atoms with E-state index in [0.717, 1.165) is 20.8 Å². The molecule has 0 bridgehead atoms. The number of aliphatic carboxylic acids is 1. The molecule has 0 aliphatic carbocycles. The number of rotatable bonds is 7. The van der Waals surface area contributed by atoms with Crippen LogP contribution < -0.4 is 9.46 Å². The number of carboxylic acids is 1. The Balaban J connectivity index is 1.58. The first-order chi connectivity index (χ1) is 14.8. The van der Waals surface area contributed by atoms with Crippen molar-refractivity contribution in [1.29, 1.82) is 0 Å². The number of fused-ring (bicyclic) bond motifs is 1. The van der Waals surface area contributed by atoms with Gasteiger partial charge in [0.2, 0.25) is 0 Å². The molecule has 4 aromatic rings. The summed E-state index contributed by atoms with van der Waals surface area (Å²) in [5.74, 6) is -0.787. The highest BCUT2D eigenvalue weighted by Gasteiger charge is 2.17. The number of nitrogens with one attached hydrogen (secondary N) is 1. The monoisotopic (exact) mass is 454 g/mol. The minimum Gasteiger partial charge on any atom is -0.482 e. The number of thiazole rings is 1. The van der Waals surface area contributed by atoms with Gasteiger partial charge in [-0.25, -0.2) is 18.2 Å². The Hall–Kier alpha value is -3.43. The van der Waals surface area contributed by atoms with Gasteiger partial charge >= 0.3 is 5.97 Å². The number of sulfonamides is 1. The van der Waals surface area contributed by atoms with Crippen molar-refractivity contribution in [3.63, 3.8) is 0 Å². The Labute approximate surface area is 183 Å². The van der Waals surface area contributed by atoms with E-state index in [4.69, 9.17) is 9.84 Å². The first kappa shape index (κ1) is 20.8. The third-order valence-corrected chi connectivity index (χ3v) is 6.93. The Morgan fingerprint density at radius 2 is 1.90 bits per heavy atom. The van der Waals surface area contributed by atoms with Crippen molar-refractivity contribution in [2.75, 3.05) is 11.3 Å². The second kappa shape index (κ2) is 8.37. The number of aryl methyl sites for hydroxylation is 1. The molecule has 2 N–H and O–H groups in total. The summed E-state index contributed by atoms with van der Waals surface area (Å²) < 4.78 is 34.5. The van der Waals surface area contributed by atoms with Crippen LogP contribution in [0.3, 0.4) is 0 Å². The van der Waals surface area contributed by atoms with Crippen molar-refractivity contribution in [3.8, 4) is 16.3 Å². The smallest absolute Gasteiger partial charge is 0.341 e. The number of aromatic nitrogens is 1. The van der Waals surface area contributed by atoms with Crippen molar-refractivity contribution in [3.05, 3.63) is 72.3 Å². The third-order valence-electron chi connectivity index (χ3n) is 4.46. The van der Waals surface area contributed by atoms with Crippen LogP contribution in [0.25, 0.3) is 20.8 Å². The lowest BCUT2D eigenvalue weighted by Gasteiger charge is -2.12. The number of hydrogen-bond acceptors (Lipinski definition) is 6. The van der Waals surface area contributed by atoms with E-state index in [1.807, 2.05) is 30.3 Å². The molecule has 3 aromatic carbocycles. The van der Waals surface area contributed by atoms with Gasteiger partial charge in [0.05, 0.1) is 15.1 Å². The molecule has 0 aliphatic rings. The van der Waals surface area contributed by atoms with Crippen LogP contribution in [-0.4, -0.2) is 31.1 Å². The molecule has 9 heteroatoms. The number of benzene rings is 3. The van der Waals surface area contributed by atoms with Crippen LogP contribution in [0, 0.1) is 6.92 Å². The third kappa shape index (κ3) is 4.68. The van der Waals surface area contributed by atoms with E-state index in [-0.39, 0.29) is 4.90 Å². The van der Waals surface area contributed by atoms with Crippen molar-refractivity contribution in [1.82, 2.24) is 4.98 Å². The van der Waals surface area contributed by atoms with Crippen LogP contribution in [0.4, 0.5) is 5.69 Å². The highest BCUT2D eigenvalue weighted by atomic mass is 32.2. The van der Waals surface area contributed by atoms with Crippen LogP contribution in [0.15, 0.2) is 71.6 Å². The number of carboxylic acid groups (broad SMARTS) is 1. The van der Waals surface area contributed by atoms with Gasteiger partial charge in [0.25, 0.3) is 10.0 Å². The molecule has 0 atom stereocenters. The van der Waals surface area contributed by atoms with E-state index in [2.05, 4.69) is 9.71 Å². The van der Waals surface area contributed by atoms with E-state index in [1.165, 1.54) is 29.5 Å². The van der Waals surface area contributed by atoms with Crippen LogP contribution in [0.5, 0.6) is 5.75 Å². The van der Waals surface area contributed by atoms with Gasteiger partial charge in [-0.15, -0.1) is 11.3 Å². The SMILES string of the molecule is Cc1cc(S(=O)(=O)Nc2cccc(-c3nc4ccccc4s3)c2)ccc1OCC(=O)O. The summed E-state index contributed by atoms with van der Waals surface area (Å²) >= 11 is 1.54. The van der Waals surface area contributed by atoms with Gasteiger partial charge in [-0.3, -0.25) is 4.72 Å². The van der Waals surface area contributed by atoms with Gasteiger partial charge in [-0.05, 0) is 55.0 Å². The molecule has 0 amide bonds. The number of ether oxygens (including phenoxy) is 1. The fourth-order valence-corrected chi connectivity index (χ4v) is 5.11.